The Morgan fingerprint density at radius 2 is 2.00 bits per heavy atom. The van der Waals surface area contributed by atoms with E-state index in [1.807, 2.05) is 24.3 Å². The summed E-state index contributed by atoms with van der Waals surface area (Å²) in [5.41, 5.74) is 0.293. The minimum Gasteiger partial charge on any atom is -0.313 e. The maximum Gasteiger partial charge on any atom is 0.0576 e. The van der Waals surface area contributed by atoms with Gasteiger partial charge in [-0.2, -0.15) is 0 Å². The van der Waals surface area contributed by atoms with E-state index in [-0.39, 0.29) is 5.25 Å². The quantitative estimate of drug-likeness (QED) is 0.878. The normalized spacial score (nSPS) is 27.2. The van der Waals surface area contributed by atoms with Gasteiger partial charge in [-0.25, -0.2) is 0 Å². The minimum absolute atomic E-state index is 0.208. The largest absolute Gasteiger partial charge is 0.313 e. The van der Waals surface area contributed by atoms with Gasteiger partial charge in [0.2, 0.25) is 0 Å². The van der Waals surface area contributed by atoms with E-state index in [2.05, 4.69) is 42.0 Å². The molecule has 1 saturated carbocycles. The van der Waals surface area contributed by atoms with E-state index in [0.29, 0.717) is 11.5 Å². The molecule has 0 aliphatic heterocycles. The molecule has 1 aliphatic rings. The molecule has 2 nitrogen and oxygen atoms in total. The van der Waals surface area contributed by atoms with Crippen molar-refractivity contribution in [2.45, 2.75) is 56.2 Å². The molecule has 1 aromatic rings. The Morgan fingerprint density at radius 3 is 2.60 bits per heavy atom. The molecule has 0 radical (unpaired) electrons. The Morgan fingerprint density at radius 1 is 1.35 bits per heavy atom. The summed E-state index contributed by atoms with van der Waals surface area (Å²) in [5, 5.41) is 3.74. The lowest BCUT2D eigenvalue weighted by molar-refractivity contribution is 0.213. The van der Waals surface area contributed by atoms with Gasteiger partial charge >= 0.3 is 0 Å². The highest BCUT2D eigenvalue weighted by atomic mass is 79.9. The smallest absolute Gasteiger partial charge is 0.0576 e. The average molecular weight is 358 g/mol. The van der Waals surface area contributed by atoms with Crippen LogP contribution in [-0.2, 0) is 10.8 Å². The van der Waals surface area contributed by atoms with Gasteiger partial charge in [0.15, 0.2) is 0 Å². The van der Waals surface area contributed by atoms with E-state index in [9.17, 15) is 4.21 Å². The van der Waals surface area contributed by atoms with Crippen LogP contribution in [-0.4, -0.2) is 22.0 Å². The Bertz CT molecular complexity index is 472. The number of benzene rings is 1. The Labute approximate surface area is 133 Å². The fraction of sp³-hybridized carbons (Fsp3) is 0.625. The zero-order valence-corrected chi connectivity index (χ0v) is 14.9. The number of hydrogen-bond acceptors (Lipinski definition) is 2. The Kier molecular flexibility index (Phi) is 5.43. The summed E-state index contributed by atoms with van der Waals surface area (Å²) in [6.45, 7) is 7.65. The van der Waals surface area contributed by atoms with E-state index >= 15 is 0 Å². The molecular formula is C16H24BrNOS. The van der Waals surface area contributed by atoms with Crippen molar-refractivity contribution >= 4 is 26.7 Å². The third-order valence-corrected chi connectivity index (χ3v) is 6.43. The molecule has 3 unspecified atom stereocenters. The molecule has 0 amide bonds. The second kappa shape index (κ2) is 6.71. The van der Waals surface area contributed by atoms with Crippen molar-refractivity contribution in [3.05, 3.63) is 28.7 Å². The van der Waals surface area contributed by atoms with Crippen LogP contribution in [0.2, 0.25) is 0 Å². The van der Waals surface area contributed by atoms with Crippen LogP contribution in [0.25, 0.3) is 0 Å². The molecule has 0 saturated heterocycles. The maximum absolute atomic E-state index is 12.9. The molecule has 112 valence electrons. The van der Waals surface area contributed by atoms with E-state index in [1.54, 1.807) is 0 Å². The summed E-state index contributed by atoms with van der Waals surface area (Å²) >= 11 is 3.43. The lowest BCUT2D eigenvalue weighted by atomic mass is 9.75. The first-order chi connectivity index (χ1) is 9.43. The van der Waals surface area contributed by atoms with Crippen LogP contribution in [0.15, 0.2) is 33.6 Å². The van der Waals surface area contributed by atoms with Gasteiger partial charge in [-0.05, 0) is 55.5 Å². The van der Waals surface area contributed by atoms with Gasteiger partial charge in [-0.3, -0.25) is 4.21 Å². The third-order valence-electron chi connectivity index (χ3n) is 4.12. The summed E-state index contributed by atoms with van der Waals surface area (Å²) in [4.78, 5) is 0.943. The molecule has 0 heterocycles. The van der Waals surface area contributed by atoms with Crippen molar-refractivity contribution in [2.24, 2.45) is 5.41 Å². The fourth-order valence-electron chi connectivity index (χ4n) is 2.99. The van der Waals surface area contributed by atoms with Crippen LogP contribution in [0.4, 0.5) is 0 Å². The summed E-state index contributed by atoms with van der Waals surface area (Å²) in [6, 6.07) is 8.28. The highest BCUT2D eigenvalue weighted by molar-refractivity contribution is 9.10. The lowest BCUT2D eigenvalue weighted by Crippen LogP contribution is -2.48. The number of halogens is 1. The van der Waals surface area contributed by atoms with Crippen LogP contribution in [0.1, 0.15) is 40.0 Å². The predicted octanol–water partition coefficient (Wildman–Crippen LogP) is 4.11. The van der Waals surface area contributed by atoms with Gasteiger partial charge in [0.1, 0.15) is 0 Å². The first-order valence-corrected chi connectivity index (χ1v) is 9.33. The van der Waals surface area contributed by atoms with Gasteiger partial charge in [-0.15, -0.1) is 0 Å². The zero-order valence-electron chi connectivity index (χ0n) is 12.5. The van der Waals surface area contributed by atoms with Crippen molar-refractivity contribution in [1.82, 2.24) is 5.32 Å². The lowest BCUT2D eigenvalue weighted by Gasteiger charge is -2.40. The van der Waals surface area contributed by atoms with Crippen LogP contribution < -0.4 is 5.32 Å². The molecule has 1 N–H and O–H groups in total. The topological polar surface area (TPSA) is 29.1 Å². The fourth-order valence-corrected chi connectivity index (χ4v) is 5.14. The molecule has 1 aromatic carbocycles. The van der Waals surface area contributed by atoms with Gasteiger partial charge in [0, 0.05) is 15.4 Å². The molecule has 0 spiro atoms. The summed E-state index contributed by atoms with van der Waals surface area (Å²) in [7, 11) is -0.940. The predicted molar refractivity (Wildman–Crippen MR) is 89.4 cm³/mol. The molecule has 4 heteroatoms. The van der Waals surface area contributed by atoms with Crippen LogP contribution in [0, 0.1) is 5.41 Å². The first-order valence-electron chi connectivity index (χ1n) is 7.32. The second-order valence-electron chi connectivity index (χ2n) is 6.36. The molecule has 3 atom stereocenters. The SMILES string of the molecule is CCNC1CCC(C)(C)CC1S(=O)c1ccc(Br)cc1. The van der Waals surface area contributed by atoms with Gasteiger partial charge in [0.05, 0.1) is 16.0 Å². The monoisotopic (exact) mass is 357 g/mol. The number of nitrogens with one attached hydrogen (secondary N) is 1. The summed E-state index contributed by atoms with van der Waals surface area (Å²) < 4.78 is 14.0. The van der Waals surface area contributed by atoms with Crippen LogP contribution >= 0.6 is 15.9 Å². The van der Waals surface area contributed by atoms with Gasteiger partial charge in [0.25, 0.3) is 0 Å². The van der Waals surface area contributed by atoms with Crippen molar-refractivity contribution in [3.63, 3.8) is 0 Å². The molecule has 0 aromatic heterocycles. The number of hydrogen-bond donors (Lipinski definition) is 1. The van der Waals surface area contributed by atoms with Gasteiger partial charge in [-0.1, -0.05) is 36.7 Å². The third kappa shape index (κ3) is 3.92. The highest BCUT2D eigenvalue weighted by Crippen LogP contribution is 2.38. The van der Waals surface area contributed by atoms with E-state index in [4.69, 9.17) is 0 Å². The van der Waals surface area contributed by atoms with Crippen LogP contribution in [0.5, 0.6) is 0 Å². The summed E-state index contributed by atoms with van der Waals surface area (Å²) in [5.74, 6) is 0. The number of rotatable bonds is 4. The molecule has 1 aliphatic carbocycles. The van der Waals surface area contributed by atoms with Crippen molar-refractivity contribution < 1.29 is 4.21 Å². The second-order valence-corrected chi connectivity index (χ2v) is 8.95. The van der Waals surface area contributed by atoms with E-state index in [0.717, 1.165) is 28.8 Å². The first kappa shape index (κ1) is 16.2. The standard InChI is InChI=1S/C16H24BrNOS/c1-4-18-14-9-10-16(2,3)11-15(14)20(19)13-7-5-12(17)6-8-13/h5-8,14-15,18H,4,9-11H2,1-3H3. The molecule has 20 heavy (non-hydrogen) atoms. The maximum atomic E-state index is 12.9. The molecule has 1 fully saturated rings. The average Bonchev–Trinajstić information content (AvgIpc) is 2.41. The molecular weight excluding hydrogens is 334 g/mol. The van der Waals surface area contributed by atoms with Crippen molar-refractivity contribution in [1.29, 1.82) is 0 Å². The summed E-state index contributed by atoms with van der Waals surface area (Å²) in [6.07, 6.45) is 3.35. The van der Waals surface area contributed by atoms with E-state index in [1.165, 1.54) is 6.42 Å². The van der Waals surface area contributed by atoms with Crippen molar-refractivity contribution in [3.8, 4) is 0 Å². The highest BCUT2D eigenvalue weighted by Gasteiger charge is 2.38. The van der Waals surface area contributed by atoms with Crippen LogP contribution in [0.3, 0.4) is 0 Å². The Hall–Kier alpha value is -0.190. The Balaban J connectivity index is 2.20. The van der Waals surface area contributed by atoms with Crippen molar-refractivity contribution in [2.75, 3.05) is 6.54 Å². The van der Waals surface area contributed by atoms with E-state index < -0.39 is 10.8 Å². The van der Waals surface area contributed by atoms with Gasteiger partial charge < -0.3 is 5.32 Å². The zero-order chi connectivity index (χ0) is 14.8. The molecule has 2 rings (SSSR count). The molecule has 0 bridgehead atoms. The minimum atomic E-state index is -0.940.